The molecule has 0 aliphatic heterocycles. The molecule has 0 radical (unpaired) electrons. The van der Waals surface area contributed by atoms with Gasteiger partial charge in [-0.1, -0.05) is 12.2 Å². The van der Waals surface area contributed by atoms with E-state index in [2.05, 4.69) is 19.1 Å². The number of rotatable bonds is 0. The third-order valence-corrected chi connectivity index (χ3v) is 3.50. The maximum atomic E-state index is 11.7. The monoisotopic (exact) mass is 200 g/mol. The molecule has 2 heteroatoms. The summed E-state index contributed by atoms with van der Waals surface area (Å²) in [6.45, 7) is 2.07. The first-order valence-electron chi connectivity index (χ1n) is 4.51. The lowest BCUT2D eigenvalue weighted by molar-refractivity contribution is -0.109. The van der Waals surface area contributed by atoms with Crippen LogP contribution in [-0.4, -0.2) is 5.78 Å². The zero-order chi connectivity index (χ0) is 9.71. The summed E-state index contributed by atoms with van der Waals surface area (Å²) < 4.78 is 1.22. The fourth-order valence-electron chi connectivity index (χ4n) is 1.93. The Morgan fingerprint density at radius 2 is 2.21 bits per heavy atom. The van der Waals surface area contributed by atoms with Gasteiger partial charge in [0.1, 0.15) is 0 Å². The van der Waals surface area contributed by atoms with Crippen LogP contribution in [0.25, 0.3) is 11.6 Å². The smallest absolute Gasteiger partial charge is 0.187 e. The van der Waals surface area contributed by atoms with Gasteiger partial charge in [0.05, 0.1) is 0 Å². The zero-order valence-corrected chi connectivity index (χ0v) is 8.52. The first-order valence-corrected chi connectivity index (χ1v) is 5.33. The average Bonchev–Trinajstić information content (AvgIpc) is 2.60. The first-order chi connectivity index (χ1) is 6.75. The van der Waals surface area contributed by atoms with E-state index >= 15 is 0 Å². The molecule has 0 saturated carbocycles. The van der Waals surface area contributed by atoms with E-state index in [0.717, 1.165) is 16.4 Å². The Morgan fingerprint density at radius 3 is 3.07 bits per heavy atom. The van der Waals surface area contributed by atoms with Gasteiger partial charge in [-0.15, -0.1) is 11.3 Å². The maximum absolute atomic E-state index is 11.7. The van der Waals surface area contributed by atoms with Crippen LogP contribution < -0.4 is 9.75 Å². The molecule has 0 aromatic carbocycles. The Labute approximate surface area is 85.4 Å². The van der Waals surface area contributed by atoms with Crippen molar-refractivity contribution < 1.29 is 4.79 Å². The highest BCUT2D eigenvalue weighted by atomic mass is 32.1. The van der Waals surface area contributed by atoms with E-state index in [9.17, 15) is 4.79 Å². The number of carbonyl (C=O) groups excluding carboxylic acids is 1. The molecule has 1 aromatic heterocycles. The lowest BCUT2D eigenvalue weighted by Gasteiger charge is -2.03. The molecule has 68 valence electrons. The summed E-state index contributed by atoms with van der Waals surface area (Å²) in [5.74, 6) is 0.135. The number of ketones is 1. The molecule has 2 aliphatic rings. The Balaban J connectivity index is 2.48. The predicted octanol–water partition coefficient (Wildman–Crippen LogP) is 1.07. The van der Waals surface area contributed by atoms with Crippen molar-refractivity contribution in [2.75, 3.05) is 0 Å². The van der Waals surface area contributed by atoms with Crippen molar-refractivity contribution in [1.82, 2.24) is 0 Å². The van der Waals surface area contributed by atoms with Gasteiger partial charge in [-0.2, -0.15) is 0 Å². The molecule has 0 saturated heterocycles. The minimum absolute atomic E-state index is 0.135. The first kappa shape index (κ1) is 7.94. The van der Waals surface area contributed by atoms with Crippen LogP contribution in [0.2, 0.25) is 0 Å². The fraction of sp³-hybridized carbons (Fsp3) is 0.0833. The molecule has 1 heterocycles. The minimum atomic E-state index is 0.135. The molecule has 0 unspecified atom stereocenters. The van der Waals surface area contributed by atoms with E-state index in [1.54, 1.807) is 17.4 Å². The third kappa shape index (κ3) is 0.917. The van der Waals surface area contributed by atoms with Crippen molar-refractivity contribution in [3.05, 3.63) is 44.5 Å². The molecule has 0 atom stereocenters. The normalized spacial score (nSPS) is 17.6. The Morgan fingerprint density at radius 1 is 1.36 bits per heavy atom. The maximum Gasteiger partial charge on any atom is 0.187 e. The van der Waals surface area contributed by atoms with Crippen LogP contribution in [0.3, 0.4) is 0 Å². The van der Waals surface area contributed by atoms with Crippen LogP contribution in [-0.2, 0) is 4.79 Å². The number of hydrogen-bond donors (Lipinski definition) is 0. The molecule has 0 N–H and O–H groups in total. The highest BCUT2D eigenvalue weighted by molar-refractivity contribution is 7.09. The quantitative estimate of drug-likeness (QED) is 0.612. The summed E-state index contributed by atoms with van der Waals surface area (Å²) in [6.07, 6.45) is 7.55. The van der Waals surface area contributed by atoms with Crippen LogP contribution in [0.1, 0.15) is 4.88 Å². The number of carbonyl (C=O) groups is 1. The molecule has 1 nitrogen and oxygen atoms in total. The van der Waals surface area contributed by atoms with Crippen LogP contribution in [0, 0.1) is 6.92 Å². The highest BCUT2D eigenvalue weighted by Crippen LogP contribution is 2.21. The fourth-order valence-corrected chi connectivity index (χ4v) is 2.91. The van der Waals surface area contributed by atoms with Crippen LogP contribution in [0.4, 0.5) is 0 Å². The van der Waals surface area contributed by atoms with Crippen molar-refractivity contribution in [2.24, 2.45) is 0 Å². The molecule has 0 bridgehead atoms. The summed E-state index contributed by atoms with van der Waals surface area (Å²) in [5, 5.41) is 1.12. The van der Waals surface area contributed by atoms with Crippen molar-refractivity contribution >= 4 is 28.8 Å². The number of allylic oxidation sites excluding steroid dienone is 4. The topological polar surface area (TPSA) is 17.1 Å². The standard InChI is InChI=1S/C12H8OS/c1-7-5-9-11(14-7)6-8-3-2-4-10(13)12(8)9/h2-6H,1H3. The van der Waals surface area contributed by atoms with E-state index in [0.29, 0.717) is 0 Å². The van der Waals surface area contributed by atoms with Crippen molar-refractivity contribution in [2.45, 2.75) is 6.92 Å². The zero-order valence-electron chi connectivity index (χ0n) is 7.70. The Kier molecular flexibility index (Phi) is 1.45. The average molecular weight is 200 g/mol. The largest absolute Gasteiger partial charge is 0.289 e. The van der Waals surface area contributed by atoms with Crippen molar-refractivity contribution in [3.8, 4) is 0 Å². The summed E-state index contributed by atoms with van der Waals surface area (Å²) >= 11 is 1.75. The van der Waals surface area contributed by atoms with Gasteiger partial charge in [0, 0.05) is 20.2 Å². The summed E-state index contributed by atoms with van der Waals surface area (Å²) in [4.78, 5) is 12.9. The lowest BCUT2D eigenvalue weighted by Crippen LogP contribution is -2.19. The summed E-state index contributed by atoms with van der Waals surface area (Å²) in [6, 6.07) is 2.10. The van der Waals surface area contributed by atoms with Gasteiger partial charge in [-0.25, -0.2) is 0 Å². The molecule has 14 heavy (non-hydrogen) atoms. The van der Waals surface area contributed by atoms with Gasteiger partial charge in [-0.3, -0.25) is 4.79 Å². The molecule has 3 rings (SSSR count). The van der Waals surface area contributed by atoms with Gasteiger partial charge in [0.15, 0.2) is 5.78 Å². The number of hydrogen-bond acceptors (Lipinski definition) is 2. The summed E-state index contributed by atoms with van der Waals surface area (Å²) in [5.41, 5.74) is 1.95. The van der Waals surface area contributed by atoms with Gasteiger partial charge >= 0.3 is 0 Å². The third-order valence-electron chi connectivity index (χ3n) is 2.50. The van der Waals surface area contributed by atoms with Gasteiger partial charge in [0.2, 0.25) is 0 Å². The molecule has 0 fully saturated rings. The molecule has 2 aliphatic carbocycles. The molecule has 0 amide bonds. The Hall–Kier alpha value is -1.41. The molecular weight excluding hydrogens is 192 g/mol. The molecule has 0 spiro atoms. The SMILES string of the molecule is Cc1cc2c(s1)=CC1=CC=CC(=O)C=21. The predicted molar refractivity (Wildman–Crippen MR) is 58.4 cm³/mol. The van der Waals surface area contributed by atoms with Gasteiger partial charge < -0.3 is 0 Å². The van der Waals surface area contributed by atoms with E-state index in [4.69, 9.17) is 0 Å². The molecular formula is C12H8OS. The number of aryl methyl sites for hydroxylation is 1. The second-order valence-corrected chi connectivity index (χ2v) is 4.79. The van der Waals surface area contributed by atoms with Gasteiger partial charge in [-0.05, 0) is 30.7 Å². The Bertz CT molecular complexity index is 611. The van der Waals surface area contributed by atoms with Crippen LogP contribution in [0.15, 0.2) is 29.9 Å². The second kappa shape index (κ2) is 2.55. The number of fused-ring (bicyclic) bond motifs is 2. The van der Waals surface area contributed by atoms with E-state index in [1.807, 2.05) is 12.2 Å². The van der Waals surface area contributed by atoms with Crippen molar-refractivity contribution in [1.29, 1.82) is 0 Å². The molecule has 1 aromatic rings. The second-order valence-electron chi connectivity index (χ2n) is 3.50. The van der Waals surface area contributed by atoms with E-state index in [1.165, 1.54) is 9.41 Å². The van der Waals surface area contributed by atoms with Crippen molar-refractivity contribution in [3.63, 3.8) is 0 Å². The lowest BCUT2D eigenvalue weighted by atomic mass is 9.99. The highest BCUT2D eigenvalue weighted by Gasteiger charge is 2.19. The van der Waals surface area contributed by atoms with Crippen LogP contribution >= 0.6 is 11.3 Å². The minimum Gasteiger partial charge on any atom is -0.289 e. The van der Waals surface area contributed by atoms with E-state index < -0.39 is 0 Å². The van der Waals surface area contributed by atoms with E-state index in [-0.39, 0.29) is 5.78 Å². The van der Waals surface area contributed by atoms with Gasteiger partial charge in [0.25, 0.3) is 0 Å². The number of thiophene rings is 1. The summed E-state index contributed by atoms with van der Waals surface area (Å²) in [7, 11) is 0. The van der Waals surface area contributed by atoms with Crippen LogP contribution in [0.5, 0.6) is 0 Å².